The van der Waals surface area contributed by atoms with Crippen LogP contribution in [0.3, 0.4) is 0 Å². The van der Waals surface area contributed by atoms with E-state index < -0.39 is 15.6 Å². The van der Waals surface area contributed by atoms with E-state index >= 15 is 0 Å². The van der Waals surface area contributed by atoms with Crippen LogP contribution in [-0.4, -0.2) is 38.4 Å². The van der Waals surface area contributed by atoms with Crippen LogP contribution in [0.15, 0.2) is 29.2 Å². The summed E-state index contributed by atoms with van der Waals surface area (Å²) in [5.74, 6) is 5.24. The van der Waals surface area contributed by atoms with Crippen LogP contribution in [0.4, 0.5) is 0 Å². The number of hydrogen-bond acceptors (Lipinski definition) is 4. The lowest BCUT2D eigenvalue weighted by molar-refractivity contribution is 0.0957. The molecule has 2 atom stereocenters. The fourth-order valence-corrected chi connectivity index (χ4v) is 3.69. The maximum absolute atomic E-state index is 12.4. The first kappa shape index (κ1) is 16.0. The van der Waals surface area contributed by atoms with Gasteiger partial charge in [0.25, 0.3) is 0 Å². The van der Waals surface area contributed by atoms with Gasteiger partial charge in [-0.1, -0.05) is 11.8 Å². The molecule has 1 aliphatic rings. The van der Waals surface area contributed by atoms with Crippen molar-refractivity contribution in [1.82, 2.24) is 4.72 Å². The molecule has 6 heteroatoms. The van der Waals surface area contributed by atoms with Gasteiger partial charge in [0, 0.05) is 12.2 Å². The summed E-state index contributed by atoms with van der Waals surface area (Å²) in [6, 6.07) is 6.25. The van der Waals surface area contributed by atoms with E-state index in [4.69, 9.17) is 9.84 Å². The molecule has 0 amide bonds. The molecule has 2 N–H and O–H groups in total. The molecule has 1 aliphatic heterocycles. The largest absolute Gasteiger partial charge is 0.384 e. The Kier molecular flexibility index (Phi) is 4.69. The predicted octanol–water partition coefficient (Wildman–Crippen LogP) is 0.876. The highest BCUT2D eigenvalue weighted by Crippen LogP contribution is 2.27. The van der Waals surface area contributed by atoms with Gasteiger partial charge in [0.15, 0.2) is 0 Å². The predicted molar refractivity (Wildman–Crippen MR) is 79.2 cm³/mol. The summed E-state index contributed by atoms with van der Waals surface area (Å²) in [6.45, 7) is 4.04. The zero-order chi connectivity index (χ0) is 15.5. The van der Waals surface area contributed by atoms with Crippen molar-refractivity contribution in [2.75, 3.05) is 13.2 Å². The van der Waals surface area contributed by atoms with Gasteiger partial charge in [0.2, 0.25) is 10.0 Å². The van der Waals surface area contributed by atoms with Crippen LogP contribution in [0.5, 0.6) is 0 Å². The maximum atomic E-state index is 12.4. The standard InChI is InChI=1S/C15H19NO4S/c1-12-15(2,9-11-20-12)16-21(18,19)14-7-5-13(6-8-14)4-3-10-17/h5-8,12,16-17H,9-11H2,1-2H3. The fourth-order valence-electron chi connectivity index (χ4n) is 2.19. The minimum atomic E-state index is -3.60. The Morgan fingerprint density at radius 3 is 2.62 bits per heavy atom. The van der Waals surface area contributed by atoms with Crippen molar-refractivity contribution in [2.24, 2.45) is 0 Å². The third-order valence-electron chi connectivity index (χ3n) is 3.73. The Labute approximate surface area is 125 Å². The van der Waals surface area contributed by atoms with Crippen molar-refractivity contribution in [3.63, 3.8) is 0 Å². The zero-order valence-corrected chi connectivity index (χ0v) is 12.9. The lowest BCUT2D eigenvalue weighted by Crippen LogP contribution is -2.50. The first-order chi connectivity index (χ1) is 9.87. The van der Waals surface area contributed by atoms with E-state index in [0.717, 1.165) is 0 Å². The SMILES string of the molecule is CC1OCCC1(C)NS(=O)(=O)c1ccc(C#CCO)cc1. The zero-order valence-electron chi connectivity index (χ0n) is 12.1. The van der Waals surface area contributed by atoms with Gasteiger partial charge in [-0.3, -0.25) is 0 Å². The summed E-state index contributed by atoms with van der Waals surface area (Å²) in [6.07, 6.45) is 0.481. The molecule has 114 valence electrons. The molecule has 1 saturated heterocycles. The number of hydrogen-bond donors (Lipinski definition) is 2. The number of rotatable bonds is 3. The fraction of sp³-hybridized carbons (Fsp3) is 0.467. The van der Waals surface area contributed by atoms with E-state index in [1.54, 1.807) is 12.1 Å². The molecular formula is C15H19NO4S. The van der Waals surface area contributed by atoms with E-state index in [2.05, 4.69) is 16.6 Å². The lowest BCUT2D eigenvalue weighted by Gasteiger charge is -2.28. The molecule has 5 nitrogen and oxygen atoms in total. The van der Waals surface area contributed by atoms with Crippen LogP contribution >= 0.6 is 0 Å². The van der Waals surface area contributed by atoms with Crippen molar-refractivity contribution >= 4 is 10.0 Å². The van der Waals surface area contributed by atoms with E-state index in [-0.39, 0.29) is 17.6 Å². The van der Waals surface area contributed by atoms with Gasteiger partial charge in [-0.15, -0.1) is 0 Å². The van der Waals surface area contributed by atoms with Crippen molar-refractivity contribution in [3.8, 4) is 11.8 Å². The minimum Gasteiger partial charge on any atom is -0.384 e. The summed E-state index contributed by atoms with van der Waals surface area (Å²) in [4.78, 5) is 0.192. The number of aliphatic hydroxyl groups excluding tert-OH is 1. The Morgan fingerprint density at radius 1 is 1.43 bits per heavy atom. The number of ether oxygens (including phenoxy) is 1. The van der Waals surface area contributed by atoms with Crippen molar-refractivity contribution in [2.45, 2.75) is 36.8 Å². The normalized spacial score (nSPS) is 25.4. The molecule has 0 aliphatic carbocycles. The molecule has 1 aromatic carbocycles. The second-order valence-corrected chi connectivity index (χ2v) is 6.95. The van der Waals surface area contributed by atoms with Crippen LogP contribution in [0.1, 0.15) is 25.8 Å². The van der Waals surface area contributed by atoms with E-state index in [9.17, 15) is 8.42 Å². The smallest absolute Gasteiger partial charge is 0.241 e. The summed E-state index contributed by atoms with van der Waals surface area (Å²) < 4.78 is 33.0. The van der Waals surface area contributed by atoms with E-state index in [1.165, 1.54) is 12.1 Å². The number of aliphatic hydroxyl groups is 1. The highest BCUT2D eigenvalue weighted by atomic mass is 32.2. The van der Waals surface area contributed by atoms with E-state index in [1.807, 2.05) is 13.8 Å². The molecule has 2 unspecified atom stereocenters. The Bertz CT molecular complexity index is 657. The Morgan fingerprint density at radius 2 is 2.10 bits per heavy atom. The van der Waals surface area contributed by atoms with Gasteiger partial charge in [0.1, 0.15) is 6.61 Å². The monoisotopic (exact) mass is 309 g/mol. The maximum Gasteiger partial charge on any atom is 0.241 e. The van der Waals surface area contributed by atoms with Crippen LogP contribution < -0.4 is 4.72 Å². The molecule has 1 aromatic rings. The molecule has 0 radical (unpaired) electrons. The summed E-state index contributed by atoms with van der Waals surface area (Å²) in [5.41, 5.74) is 0.0700. The highest BCUT2D eigenvalue weighted by molar-refractivity contribution is 7.89. The molecule has 1 heterocycles. The Hall–Kier alpha value is -1.39. The van der Waals surface area contributed by atoms with E-state index in [0.29, 0.717) is 18.6 Å². The van der Waals surface area contributed by atoms with Crippen LogP contribution in [-0.2, 0) is 14.8 Å². The van der Waals surface area contributed by atoms with Crippen molar-refractivity contribution in [3.05, 3.63) is 29.8 Å². The summed E-state index contributed by atoms with van der Waals surface area (Å²) >= 11 is 0. The second kappa shape index (κ2) is 6.16. The molecule has 1 fully saturated rings. The third kappa shape index (κ3) is 3.63. The third-order valence-corrected chi connectivity index (χ3v) is 5.36. The summed E-state index contributed by atoms with van der Waals surface area (Å²) in [5, 5.41) is 8.63. The summed E-state index contributed by atoms with van der Waals surface area (Å²) in [7, 11) is -3.60. The lowest BCUT2D eigenvalue weighted by atomic mass is 9.97. The number of benzene rings is 1. The number of nitrogens with one attached hydrogen (secondary N) is 1. The molecular weight excluding hydrogens is 290 g/mol. The molecule has 21 heavy (non-hydrogen) atoms. The van der Waals surface area contributed by atoms with Crippen LogP contribution in [0, 0.1) is 11.8 Å². The van der Waals surface area contributed by atoms with Gasteiger partial charge >= 0.3 is 0 Å². The van der Waals surface area contributed by atoms with Crippen molar-refractivity contribution < 1.29 is 18.3 Å². The van der Waals surface area contributed by atoms with Crippen LogP contribution in [0.25, 0.3) is 0 Å². The van der Waals surface area contributed by atoms with Crippen molar-refractivity contribution in [1.29, 1.82) is 0 Å². The first-order valence-corrected chi connectivity index (χ1v) is 8.21. The topological polar surface area (TPSA) is 75.6 Å². The van der Waals surface area contributed by atoms with Gasteiger partial charge in [0.05, 0.1) is 16.5 Å². The van der Waals surface area contributed by atoms with Crippen LogP contribution in [0.2, 0.25) is 0 Å². The Balaban J connectivity index is 2.20. The van der Waals surface area contributed by atoms with Gasteiger partial charge in [-0.2, -0.15) is 0 Å². The molecule has 0 spiro atoms. The average molecular weight is 309 g/mol. The molecule has 0 aromatic heterocycles. The quantitative estimate of drug-likeness (QED) is 0.813. The minimum absolute atomic E-state index is 0.165. The second-order valence-electron chi connectivity index (χ2n) is 5.27. The average Bonchev–Trinajstić information content (AvgIpc) is 2.75. The first-order valence-electron chi connectivity index (χ1n) is 6.73. The van der Waals surface area contributed by atoms with Gasteiger partial charge in [-0.05, 0) is 44.5 Å². The molecule has 0 saturated carbocycles. The van der Waals surface area contributed by atoms with Gasteiger partial charge in [-0.25, -0.2) is 13.1 Å². The highest BCUT2D eigenvalue weighted by Gasteiger charge is 2.40. The number of sulfonamides is 1. The van der Waals surface area contributed by atoms with Gasteiger partial charge < -0.3 is 9.84 Å². The molecule has 2 rings (SSSR count). The molecule has 0 bridgehead atoms.